The Balaban J connectivity index is 2.22. The second-order valence-electron chi connectivity index (χ2n) is 3.88. The fourth-order valence-corrected chi connectivity index (χ4v) is 2.89. The Labute approximate surface area is 113 Å². The summed E-state index contributed by atoms with van der Waals surface area (Å²) in [5.74, 6) is 0.0991. The van der Waals surface area contributed by atoms with Gasteiger partial charge < -0.3 is 0 Å². The van der Waals surface area contributed by atoms with Crippen molar-refractivity contribution in [2.75, 3.05) is 0 Å². The molecule has 0 bridgehead atoms. The summed E-state index contributed by atoms with van der Waals surface area (Å²) in [5, 5.41) is 0.995. The molecule has 0 saturated heterocycles. The van der Waals surface area contributed by atoms with Crippen molar-refractivity contribution in [1.29, 1.82) is 0 Å². The van der Waals surface area contributed by atoms with E-state index in [1.54, 1.807) is 6.92 Å². The molecule has 1 aromatic carbocycles. The first-order chi connectivity index (χ1) is 8.06. The van der Waals surface area contributed by atoms with Crippen LogP contribution in [0.15, 0.2) is 28.7 Å². The van der Waals surface area contributed by atoms with Crippen molar-refractivity contribution in [3.05, 3.63) is 49.9 Å². The number of carbonyl (C=O) groups is 1. The summed E-state index contributed by atoms with van der Waals surface area (Å²) in [7, 11) is 0. The Morgan fingerprint density at radius 3 is 2.53 bits per heavy atom. The number of Topliss-reactive ketones (excluding diaryl/α,β-unsaturated/α-hetero) is 1. The number of ketones is 1. The lowest BCUT2D eigenvalue weighted by Crippen LogP contribution is -1.89. The molecule has 0 unspecified atom stereocenters. The maximum Gasteiger partial charge on any atom is 0.171 e. The van der Waals surface area contributed by atoms with Gasteiger partial charge in [0.25, 0.3) is 0 Å². The number of halogens is 1. The summed E-state index contributed by atoms with van der Waals surface area (Å²) in [5.41, 5.74) is 2.05. The minimum absolute atomic E-state index is 0.0991. The molecular weight excluding hydrogens is 298 g/mol. The third kappa shape index (κ3) is 3.01. The SMILES string of the molecule is CC(=O)c1sc(Cc2ccc(Br)cc2)nc1C. The van der Waals surface area contributed by atoms with Gasteiger partial charge in [0, 0.05) is 17.8 Å². The van der Waals surface area contributed by atoms with Gasteiger partial charge in [-0.15, -0.1) is 11.3 Å². The maximum absolute atomic E-state index is 11.3. The molecule has 0 aliphatic rings. The van der Waals surface area contributed by atoms with Gasteiger partial charge in [-0.1, -0.05) is 28.1 Å². The highest BCUT2D eigenvalue weighted by atomic mass is 79.9. The Morgan fingerprint density at radius 2 is 2.00 bits per heavy atom. The van der Waals surface area contributed by atoms with E-state index in [2.05, 4.69) is 33.0 Å². The van der Waals surface area contributed by atoms with Crippen molar-refractivity contribution in [3.63, 3.8) is 0 Å². The molecular formula is C13H12BrNOS. The predicted octanol–water partition coefficient (Wildman–Crippen LogP) is 4.01. The zero-order valence-electron chi connectivity index (χ0n) is 9.66. The first-order valence-electron chi connectivity index (χ1n) is 5.28. The Hall–Kier alpha value is -1.00. The quantitative estimate of drug-likeness (QED) is 0.802. The largest absolute Gasteiger partial charge is 0.294 e. The lowest BCUT2D eigenvalue weighted by atomic mass is 10.2. The summed E-state index contributed by atoms with van der Waals surface area (Å²) in [6.07, 6.45) is 0.784. The van der Waals surface area contributed by atoms with Crippen LogP contribution in [0.4, 0.5) is 0 Å². The van der Waals surface area contributed by atoms with Crippen molar-refractivity contribution < 1.29 is 4.79 Å². The molecule has 0 amide bonds. The maximum atomic E-state index is 11.3. The summed E-state index contributed by atoms with van der Waals surface area (Å²) in [6, 6.07) is 8.16. The molecule has 17 heavy (non-hydrogen) atoms. The van der Waals surface area contributed by atoms with Crippen LogP contribution in [0.2, 0.25) is 0 Å². The molecule has 88 valence electrons. The number of thiazole rings is 1. The molecule has 0 atom stereocenters. The smallest absolute Gasteiger partial charge is 0.171 e. The molecule has 4 heteroatoms. The standard InChI is InChI=1S/C13H12BrNOS/c1-8-13(9(2)16)17-12(15-8)7-10-3-5-11(14)6-4-10/h3-6H,7H2,1-2H3. The summed E-state index contributed by atoms with van der Waals surface area (Å²) in [4.78, 5) is 16.6. The number of aryl methyl sites for hydroxylation is 1. The van der Waals surface area contributed by atoms with Crippen molar-refractivity contribution >= 4 is 33.0 Å². The molecule has 1 heterocycles. The van der Waals surface area contributed by atoms with Gasteiger partial charge in [-0.3, -0.25) is 4.79 Å². The van der Waals surface area contributed by atoms with Gasteiger partial charge in [-0.2, -0.15) is 0 Å². The van der Waals surface area contributed by atoms with Crippen molar-refractivity contribution in [2.45, 2.75) is 20.3 Å². The molecule has 0 spiro atoms. The van der Waals surface area contributed by atoms with Crippen molar-refractivity contribution in [1.82, 2.24) is 4.98 Å². The van der Waals surface area contributed by atoms with Crippen LogP contribution < -0.4 is 0 Å². The highest BCUT2D eigenvalue weighted by Crippen LogP contribution is 2.22. The molecule has 0 aliphatic heterocycles. The Bertz CT molecular complexity index is 545. The van der Waals surface area contributed by atoms with Gasteiger partial charge in [-0.05, 0) is 24.6 Å². The number of carbonyl (C=O) groups excluding carboxylic acids is 1. The lowest BCUT2D eigenvalue weighted by Gasteiger charge is -1.97. The van der Waals surface area contributed by atoms with Gasteiger partial charge in [0.1, 0.15) is 0 Å². The van der Waals surface area contributed by atoms with Gasteiger partial charge in [-0.25, -0.2) is 4.98 Å². The number of hydrogen-bond acceptors (Lipinski definition) is 3. The first kappa shape index (κ1) is 12.5. The number of nitrogens with zero attached hydrogens (tertiary/aromatic N) is 1. The van der Waals surface area contributed by atoms with Gasteiger partial charge in [0.05, 0.1) is 15.6 Å². The number of rotatable bonds is 3. The third-order valence-corrected chi connectivity index (χ3v) is 4.22. The molecule has 0 N–H and O–H groups in total. The monoisotopic (exact) mass is 309 g/mol. The molecule has 0 aliphatic carbocycles. The third-order valence-electron chi connectivity index (χ3n) is 2.43. The number of benzene rings is 1. The van der Waals surface area contributed by atoms with E-state index in [4.69, 9.17) is 0 Å². The molecule has 2 rings (SSSR count). The zero-order valence-corrected chi connectivity index (χ0v) is 12.1. The van der Waals surface area contributed by atoms with Crippen molar-refractivity contribution in [3.8, 4) is 0 Å². The van der Waals surface area contributed by atoms with Crippen LogP contribution in [0.3, 0.4) is 0 Å². The topological polar surface area (TPSA) is 30.0 Å². The highest BCUT2D eigenvalue weighted by Gasteiger charge is 2.11. The van der Waals surface area contributed by atoms with Crippen molar-refractivity contribution in [2.24, 2.45) is 0 Å². The second-order valence-corrected chi connectivity index (χ2v) is 5.88. The first-order valence-corrected chi connectivity index (χ1v) is 6.89. The molecule has 0 radical (unpaired) electrons. The summed E-state index contributed by atoms with van der Waals surface area (Å²) < 4.78 is 1.07. The van der Waals surface area contributed by atoms with E-state index in [1.807, 2.05) is 19.1 Å². The minimum Gasteiger partial charge on any atom is -0.294 e. The van der Waals surface area contributed by atoms with E-state index in [0.29, 0.717) is 0 Å². The summed E-state index contributed by atoms with van der Waals surface area (Å²) in [6.45, 7) is 3.47. The normalized spacial score (nSPS) is 10.5. The van der Waals surface area contributed by atoms with E-state index in [-0.39, 0.29) is 5.78 Å². The van der Waals surface area contributed by atoms with Gasteiger partial charge in [0.15, 0.2) is 5.78 Å². The van der Waals surface area contributed by atoms with E-state index >= 15 is 0 Å². The molecule has 0 fully saturated rings. The number of hydrogen-bond donors (Lipinski definition) is 0. The molecule has 2 aromatic rings. The fraction of sp³-hybridized carbons (Fsp3) is 0.231. The predicted molar refractivity (Wildman–Crippen MR) is 73.8 cm³/mol. The minimum atomic E-state index is 0.0991. The molecule has 2 nitrogen and oxygen atoms in total. The second kappa shape index (κ2) is 5.10. The van der Waals surface area contributed by atoms with Crippen LogP contribution in [-0.2, 0) is 6.42 Å². The van der Waals surface area contributed by atoms with E-state index < -0.39 is 0 Å². The highest BCUT2D eigenvalue weighted by molar-refractivity contribution is 9.10. The zero-order chi connectivity index (χ0) is 12.4. The Kier molecular flexibility index (Phi) is 3.74. The van der Waals surface area contributed by atoms with E-state index in [1.165, 1.54) is 16.9 Å². The molecule has 1 aromatic heterocycles. The number of aromatic nitrogens is 1. The average molecular weight is 310 g/mol. The van der Waals surface area contributed by atoms with Gasteiger partial charge >= 0.3 is 0 Å². The summed E-state index contributed by atoms with van der Waals surface area (Å²) >= 11 is 4.90. The van der Waals surface area contributed by atoms with Crippen LogP contribution in [0, 0.1) is 6.92 Å². The average Bonchev–Trinajstić information content (AvgIpc) is 2.63. The molecule has 0 saturated carbocycles. The van der Waals surface area contributed by atoms with Crippen LogP contribution in [-0.4, -0.2) is 10.8 Å². The fourth-order valence-electron chi connectivity index (χ4n) is 1.63. The van der Waals surface area contributed by atoms with Crippen LogP contribution in [0.1, 0.15) is 32.9 Å². The van der Waals surface area contributed by atoms with Crippen LogP contribution in [0.5, 0.6) is 0 Å². The van der Waals surface area contributed by atoms with E-state index in [0.717, 1.165) is 26.5 Å². The van der Waals surface area contributed by atoms with E-state index in [9.17, 15) is 4.79 Å². The van der Waals surface area contributed by atoms with Crippen LogP contribution in [0.25, 0.3) is 0 Å². The lowest BCUT2D eigenvalue weighted by molar-refractivity contribution is 0.102. The van der Waals surface area contributed by atoms with Gasteiger partial charge in [0.2, 0.25) is 0 Å². The van der Waals surface area contributed by atoms with Crippen LogP contribution >= 0.6 is 27.3 Å². The Morgan fingerprint density at radius 1 is 1.35 bits per heavy atom.